The largest absolute Gasteiger partial charge is 0.451 e. The molecule has 1 aromatic rings. The molecule has 1 saturated carbocycles. The van der Waals surface area contributed by atoms with Crippen LogP contribution in [0.1, 0.15) is 52.0 Å². The fourth-order valence-electron chi connectivity index (χ4n) is 3.25. The van der Waals surface area contributed by atoms with E-state index >= 15 is 0 Å². The number of hydrogen-bond donors (Lipinski definition) is 2. The minimum atomic E-state index is -0.464. The van der Waals surface area contributed by atoms with Gasteiger partial charge in [0, 0.05) is 17.5 Å². The summed E-state index contributed by atoms with van der Waals surface area (Å²) in [5, 5.41) is 7.30. The van der Waals surface area contributed by atoms with Crippen molar-refractivity contribution < 1.29 is 14.3 Å². The van der Waals surface area contributed by atoms with Gasteiger partial charge in [-0.3, -0.25) is 5.43 Å². The summed E-state index contributed by atoms with van der Waals surface area (Å²) in [6.07, 6.45) is 3.39. The highest BCUT2D eigenvalue weighted by Gasteiger charge is 2.33. The summed E-state index contributed by atoms with van der Waals surface area (Å²) >= 11 is 0. The van der Waals surface area contributed by atoms with Crippen molar-refractivity contribution in [1.82, 2.24) is 10.7 Å². The monoisotopic (exact) mass is 345 g/mol. The van der Waals surface area contributed by atoms with Gasteiger partial charge in [0.15, 0.2) is 6.23 Å². The van der Waals surface area contributed by atoms with Crippen LogP contribution >= 0.6 is 0 Å². The first kappa shape index (κ1) is 17.6. The number of ether oxygens (including phenoxy) is 2. The maximum absolute atomic E-state index is 11.9. The van der Waals surface area contributed by atoms with Gasteiger partial charge in [-0.15, -0.1) is 5.10 Å². The third kappa shape index (κ3) is 4.87. The predicted molar refractivity (Wildman–Crippen MR) is 96.1 cm³/mol. The fourth-order valence-corrected chi connectivity index (χ4v) is 3.25. The molecule has 2 aliphatic rings. The number of nitrogens with one attached hydrogen (secondary N) is 2. The number of nitrogens with zero attached hydrogens (tertiary/aromatic N) is 1. The number of hydrazone groups is 1. The molecule has 1 aliphatic carbocycles. The Bertz CT molecular complexity index is 617. The zero-order valence-electron chi connectivity index (χ0n) is 15.1. The van der Waals surface area contributed by atoms with E-state index in [4.69, 9.17) is 9.47 Å². The Morgan fingerprint density at radius 1 is 1.20 bits per heavy atom. The van der Waals surface area contributed by atoms with E-state index in [0.29, 0.717) is 11.8 Å². The number of carbonyl (C=O) groups excluding carboxylic acids is 1. The van der Waals surface area contributed by atoms with Crippen LogP contribution in [0.4, 0.5) is 4.79 Å². The van der Waals surface area contributed by atoms with E-state index in [1.165, 1.54) is 0 Å². The molecule has 1 aliphatic heterocycles. The lowest BCUT2D eigenvalue weighted by atomic mass is 9.85. The Morgan fingerprint density at radius 3 is 2.52 bits per heavy atom. The van der Waals surface area contributed by atoms with Crippen LogP contribution in [0.25, 0.3) is 0 Å². The van der Waals surface area contributed by atoms with Gasteiger partial charge in [-0.2, -0.15) is 0 Å². The molecular formula is C19H27N3O3. The van der Waals surface area contributed by atoms with Gasteiger partial charge in [-0.05, 0) is 58.6 Å². The first-order chi connectivity index (χ1) is 11.9. The molecule has 0 radical (unpaired) electrons. The smallest absolute Gasteiger partial charge is 0.407 e. The Morgan fingerprint density at radius 2 is 1.88 bits per heavy atom. The molecule has 1 aromatic carbocycles. The van der Waals surface area contributed by atoms with Crippen LogP contribution in [-0.4, -0.2) is 29.9 Å². The molecule has 1 heterocycles. The number of amides is 1. The third-order valence-electron chi connectivity index (χ3n) is 4.47. The average Bonchev–Trinajstić information content (AvgIpc) is 3.04. The molecule has 2 N–H and O–H groups in total. The summed E-state index contributed by atoms with van der Waals surface area (Å²) in [6, 6.07) is 10.1. The van der Waals surface area contributed by atoms with E-state index in [9.17, 15) is 4.79 Å². The Balaban J connectivity index is 1.44. The van der Waals surface area contributed by atoms with Crippen molar-refractivity contribution in [3.05, 3.63) is 35.9 Å². The quantitative estimate of drug-likeness (QED) is 0.881. The first-order valence-corrected chi connectivity index (χ1v) is 8.95. The molecule has 0 saturated heterocycles. The summed E-state index contributed by atoms with van der Waals surface area (Å²) in [5.74, 6) is 1.04. The second kappa shape index (κ2) is 7.33. The number of carbonyl (C=O) groups is 1. The van der Waals surface area contributed by atoms with E-state index < -0.39 is 5.60 Å². The predicted octanol–water partition coefficient (Wildman–Crippen LogP) is 3.38. The molecule has 1 fully saturated rings. The van der Waals surface area contributed by atoms with Crippen LogP contribution in [0.2, 0.25) is 0 Å². The van der Waals surface area contributed by atoms with Crippen molar-refractivity contribution in [2.75, 3.05) is 0 Å². The Labute approximate surface area is 149 Å². The summed E-state index contributed by atoms with van der Waals surface area (Å²) in [7, 11) is 0. The molecule has 0 bridgehead atoms. The van der Waals surface area contributed by atoms with Crippen molar-refractivity contribution in [2.24, 2.45) is 11.0 Å². The molecule has 1 amide bonds. The summed E-state index contributed by atoms with van der Waals surface area (Å²) in [6.45, 7) is 5.62. The van der Waals surface area contributed by atoms with E-state index in [-0.39, 0.29) is 18.4 Å². The lowest BCUT2D eigenvalue weighted by molar-refractivity contribution is 0.0456. The van der Waals surface area contributed by atoms with Crippen molar-refractivity contribution in [3.8, 4) is 0 Å². The van der Waals surface area contributed by atoms with E-state index in [0.717, 1.165) is 31.2 Å². The molecule has 1 atom stereocenters. The van der Waals surface area contributed by atoms with E-state index in [1.54, 1.807) is 0 Å². The molecule has 136 valence electrons. The van der Waals surface area contributed by atoms with E-state index in [2.05, 4.69) is 15.8 Å². The van der Waals surface area contributed by atoms with Crippen molar-refractivity contribution in [1.29, 1.82) is 0 Å². The van der Waals surface area contributed by atoms with Crippen LogP contribution in [0.5, 0.6) is 0 Å². The summed E-state index contributed by atoms with van der Waals surface area (Å²) in [5.41, 5.74) is 3.64. The molecule has 0 aromatic heterocycles. The highest BCUT2D eigenvalue weighted by Crippen LogP contribution is 2.29. The minimum absolute atomic E-state index is 0.0855. The van der Waals surface area contributed by atoms with Gasteiger partial charge >= 0.3 is 6.09 Å². The normalized spacial score (nSPS) is 26.2. The van der Waals surface area contributed by atoms with Crippen molar-refractivity contribution in [2.45, 2.75) is 64.3 Å². The second-order valence-electron chi connectivity index (χ2n) is 7.71. The van der Waals surface area contributed by atoms with Gasteiger partial charge in [0.05, 0.1) is 0 Å². The molecule has 3 rings (SSSR count). The lowest BCUT2D eigenvalue weighted by Gasteiger charge is -2.32. The molecular weight excluding hydrogens is 318 g/mol. The SMILES string of the molecule is CC(C)(C)OC(=O)NC1CCC(C2NN=C(c3ccccc3)O2)CC1. The van der Waals surface area contributed by atoms with Gasteiger partial charge in [0.25, 0.3) is 0 Å². The fraction of sp³-hybridized carbons (Fsp3) is 0.579. The zero-order chi connectivity index (χ0) is 17.9. The lowest BCUT2D eigenvalue weighted by Crippen LogP contribution is -2.43. The van der Waals surface area contributed by atoms with Crippen LogP contribution in [-0.2, 0) is 9.47 Å². The number of hydrogen-bond acceptors (Lipinski definition) is 5. The highest BCUT2D eigenvalue weighted by atomic mass is 16.6. The second-order valence-corrected chi connectivity index (χ2v) is 7.71. The average molecular weight is 345 g/mol. The number of alkyl carbamates (subject to hydrolysis) is 1. The van der Waals surface area contributed by atoms with Crippen molar-refractivity contribution in [3.63, 3.8) is 0 Å². The summed E-state index contributed by atoms with van der Waals surface area (Å²) < 4.78 is 11.3. The van der Waals surface area contributed by atoms with Gasteiger partial charge in [0.1, 0.15) is 5.60 Å². The maximum atomic E-state index is 11.9. The van der Waals surface area contributed by atoms with Crippen LogP contribution < -0.4 is 10.7 Å². The third-order valence-corrected chi connectivity index (χ3v) is 4.47. The molecule has 6 heteroatoms. The van der Waals surface area contributed by atoms with Gasteiger partial charge in [-0.1, -0.05) is 18.2 Å². The number of benzene rings is 1. The maximum Gasteiger partial charge on any atom is 0.407 e. The first-order valence-electron chi connectivity index (χ1n) is 8.95. The number of rotatable bonds is 3. The zero-order valence-corrected chi connectivity index (χ0v) is 15.1. The highest BCUT2D eigenvalue weighted by molar-refractivity contribution is 5.94. The molecule has 1 unspecified atom stereocenters. The topological polar surface area (TPSA) is 72.0 Å². The standard InChI is InChI=1S/C19H27N3O3/c1-19(2,3)25-18(23)20-15-11-9-14(10-12-15)17-22-21-16(24-17)13-7-5-4-6-8-13/h4-8,14-15,17,22H,9-12H2,1-3H3,(H,20,23). The molecule has 6 nitrogen and oxygen atoms in total. The van der Waals surface area contributed by atoms with Crippen LogP contribution in [0.3, 0.4) is 0 Å². The van der Waals surface area contributed by atoms with Gasteiger partial charge in [-0.25, -0.2) is 4.79 Å². The van der Waals surface area contributed by atoms with Gasteiger partial charge in [0.2, 0.25) is 5.90 Å². The van der Waals surface area contributed by atoms with Crippen molar-refractivity contribution >= 4 is 12.0 Å². The molecule has 0 spiro atoms. The van der Waals surface area contributed by atoms with Crippen LogP contribution in [0.15, 0.2) is 35.4 Å². The summed E-state index contributed by atoms with van der Waals surface area (Å²) in [4.78, 5) is 11.9. The van der Waals surface area contributed by atoms with E-state index in [1.807, 2.05) is 51.1 Å². The Kier molecular flexibility index (Phi) is 5.16. The van der Waals surface area contributed by atoms with Gasteiger partial charge < -0.3 is 14.8 Å². The van der Waals surface area contributed by atoms with Crippen LogP contribution in [0, 0.1) is 5.92 Å². The Hall–Kier alpha value is -2.24. The molecule has 25 heavy (non-hydrogen) atoms. The minimum Gasteiger partial charge on any atom is -0.451 e.